The van der Waals surface area contributed by atoms with E-state index in [-0.39, 0.29) is 5.54 Å². The average molecular weight is 254 g/mol. The molecule has 108 valence electrons. The molecule has 18 heavy (non-hydrogen) atoms. The van der Waals surface area contributed by atoms with Crippen LogP contribution in [0.1, 0.15) is 73.1 Å². The number of nitrogens with zero attached hydrogens (tertiary/aromatic N) is 1. The number of nitrogens with one attached hydrogen (secondary N) is 1. The third-order valence-electron chi connectivity index (χ3n) is 4.12. The quantitative estimate of drug-likeness (QED) is 0.751. The molecule has 0 spiro atoms. The fourth-order valence-electron chi connectivity index (χ4n) is 2.98. The van der Waals surface area contributed by atoms with Crippen LogP contribution >= 0.6 is 0 Å². The highest BCUT2D eigenvalue weighted by Crippen LogP contribution is 2.20. The van der Waals surface area contributed by atoms with Crippen LogP contribution in [-0.2, 0) is 0 Å². The molecule has 1 fully saturated rings. The van der Waals surface area contributed by atoms with Crippen LogP contribution in [0, 0.1) is 0 Å². The molecule has 2 heteroatoms. The topological polar surface area (TPSA) is 15.3 Å². The van der Waals surface area contributed by atoms with E-state index in [2.05, 4.69) is 44.8 Å². The minimum absolute atomic E-state index is 0.263. The van der Waals surface area contributed by atoms with Crippen LogP contribution in [0.3, 0.4) is 0 Å². The molecule has 0 bridgehead atoms. The van der Waals surface area contributed by atoms with Crippen molar-refractivity contribution in [2.45, 2.75) is 90.8 Å². The highest BCUT2D eigenvalue weighted by molar-refractivity contribution is 4.77. The first-order valence-electron chi connectivity index (χ1n) is 7.91. The largest absolute Gasteiger partial charge is 0.312 e. The van der Waals surface area contributed by atoms with Crippen molar-refractivity contribution in [2.24, 2.45) is 0 Å². The Hall–Kier alpha value is -0.0800. The lowest BCUT2D eigenvalue weighted by Gasteiger charge is -2.33. The molecule has 0 aromatic carbocycles. The molecule has 1 saturated heterocycles. The summed E-state index contributed by atoms with van der Waals surface area (Å²) in [6.07, 6.45) is 8.27. The highest BCUT2D eigenvalue weighted by atomic mass is 15.2. The predicted octanol–water partition coefficient (Wildman–Crippen LogP) is 3.81. The Labute approximate surface area is 115 Å². The van der Waals surface area contributed by atoms with E-state index in [0.29, 0.717) is 0 Å². The van der Waals surface area contributed by atoms with Gasteiger partial charge in [0.15, 0.2) is 0 Å². The second-order valence-corrected chi connectivity index (χ2v) is 7.10. The maximum atomic E-state index is 3.59. The van der Waals surface area contributed by atoms with Crippen molar-refractivity contribution in [1.82, 2.24) is 10.2 Å². The number of rotatable bonds is 5. The summed E-state index contributed by atoms with van der Waals surface area (Å²) in [4.78, 5) is 2.74. The maximum absolute atomic E-state index is 3.59. The van der Waals surface area contributed by atoms with Crippen molar-refractivity contribution >= 4 is 0 Å². The molecule has 0 amide bonds. The third kappa shape index (κ3) is 6.19. The lowest BCUT2D eigenvalue weighted by molar-refractivity contribution is 0.148. The van der Waals surface area contributed by atoms with Gasteiger partial charge in [-0.15, -0.1) is 0 Å². The highest BCUT2D eigenvalue weighted by Gasteiger charge is 2.21. The molecule has 0 aliphatic carbocycles. The Morgan fingerprint density at radius 2 is 1.94 bits per heavy atom. The SMILES string of the molecule is CC1CCCCCN1C(C)CCCNC(C)(C)C. The third-order valence-corrected chi connectivity index (χ3v) is 4.12. The van der Waals surface area contributed by atoms with Crippen molar-refractivity contribution in [3.05, 3.63) is 0 Å². The second kappa shape index (κ2) is 7.49. The van der Waals surface area contributed by atoms with Gasteiger partial charge in [0, 0.05) is 17.6 Å². The van der Waals surface area contributed by atoms with E-state index < -0.39 is 0 Å². The van der Waals surface area contributed by atoms with E-state index >= 15 is 0 Å². The van der Waals surface area contributed by atoms with Gasteiger partial charge in [-0.25, -0.2) is 0 Å². The van der Waals surface area contributed by atoms with Gasteiger partial charge < -0.3 is 5.32 Å². The molecule has 1 aliphatic heterocycles. The van der Waals surface area contributed by atoms with E-state index in [9.17, 15) is 0 Å². The monoisotopic (exact) mass is 254 g/mol. The van der Waals surface area contributed by atoms with Crippen LogP contribution < -0.4 is 5.32 Å². The first-order chi connectivity index (χ1) is 8.40. The smallest absolute Gasteiger partial charge is 0.00965 e. The normalized spacial score (nSPS) is 24.8. The lowest BCUT2D eigenvalue weighted by Crippen LogP contribution is -2.41. The molecule has 0 saturated carbocycles. The van der Waals surface area contributed by atoms with E-state index in [0.717, 1.165) is 18.6 Å². The van der Waals surface area contributed by atoms with Gasteiger partial charge in [0.1, 0.15) is 0 Å². The van der Waals surface area contributed by atoms with Gasteiger partial charge in [0.25, 0.3) is 0 Å². The Balaban J connectivity index is 2.24. The summed E-state index contributed by atoms with van der Waals surface area (Å²) in [6, 6.07) is 1.54. The molecule has 0 radical (unpaired) electrons. The van der Waals surface area contributed by atoms with Crippen molar-refractivity contribution in [1.29, 1.82) is 0 Å². The van der Waals surface area contributed by atoms with E-state index in [1.807, 2.05) is 0 Å². The fourth-order valence-corrected chi connectivity index (χ4v) is 2.98. The Kier molecular flexibility index (Phi) is 6.65. The first-order valence-corrected chi connectivity index (χ1v) is 7.91. The summed E-state index contributed by atoms with van der Waals surface area (Å²) in [5.41, 5.74) is 0.263. The molecule has 1 N–H and O–H groups in total. The molecule has 2 unspecified atom stereocenters. The minimum Gasteiger partial charge on any atom is -0.312 e. The summed E-state index contributed by atoms with van der Waals surface area (Å²) in [7, 11) is 0. The van der Waals surface area contributed by atoms with E-state index in [4.69, 9.17) is 0 Å². The second-order valence-electron chi connectivity index (χ2n) is 7.10. The number of hydrogen-bond donors (Lipinski definition) is 1. The summed E-state index contributed by atoms with van der Waals surface area (Å²) >= 11 is 0. The summed E-state index contributed by atoms with van der Waals surface area (Å²) in [5.74, 6) is 0. The van der Waals surface area contributed by atoms with Gasteiger partial charge in [-0.3, -0.25) is 4.90 Å². The van der Waals surface area contributed by atoms with Gasteiger partial charge in [-0.2, -0.15) is 0 Å². The van der Waals surface area contributed by atoms with Crippen LogP contribution in [-0.4, -0.2) is 35.6 Å². The van der Waals surface area contributed by atoms with Gasteiger partial charge in [0.05, 0.1) is 0 Å². The van der Waals surface area contributed by atoms with Crippen LogP contribution in [0.25, 0.3) is 0 Å². The van der Waals surface area contributed by atoms with E-state index in [1.54, 1.807) is 0 Å². The standard InChI is InChI=1S/C16H34N2/c1-14-10-7-6-8-13-18(14)15(2)11-9-12-17-16(3,4)5/h14-15,17H,6-13H2,1-5H3. The van der Waals surface area contributed by atoms with Crippen molar-refractivity contribution in [3.8, 4) is 0 Å². The fraction of sp³-hybridized carbons (Fsp3) is 1.00. The van der Waals surface area contributed by atoms with Crippen LogP contribution in [0.2, 0.25) is 0 Å². The van der Waals surface area contributed by atoms with Crippen molar-refractivity contribution in [2.75, 3.05) is 13.1 Å². The van der Waals surface area contributed by atoms with Gasteiger partial charge in [-0.1, -0.05) is 12.8 Å². The van der Waals surface area contributed by atoms with Crippen molar-refractivity contribution < 1.29 is 0 Å². The van der Waals surface area contributed by atoms with Gasteiger partial charge in [0.2, 0.25) is 0 Å². The maximum Gasteiger partial charge on any atom is 0.00965 e. The molecule has 2 nitrogen and oxygen atoms in total. The Morgan fingerprint density at radius 1 is 1.22 bits per heavy atom. The zero-order chi connectivity index (χ0) is 13.6. The minimum atomic E-state index is 0.263. The summed E-state index contributed by atoms with van der Waals surface area (Å²) in [5, 5.41) is 3.59. The van der Waals surface area contributed by atoms with Crippen molar-refractivity contribution in [3.63, 3.8) is 0 Å². The molecule has 0 aromatic rings. The zero-order valence-corrected chi connectivity index (χ0v) is 13.3. The van der Waals surface area contributed by atoms with Crippen LogP contribution in [0.4, 0.5) is 0 Å². The molecule has 2 atom stereocenters. The summed E-state index contributed by atoms with van der Waals surface area (Å²) in [6.45, 7) is 14.0. The van der Waals surface area contributed by atoms with Crippen LogP contribution in [0.5, 0.6) is 0 Å². The lowest BCUT2D eigenvalue weighted by atomic mass is 10.1. The zero-order valence-electron chi connectivity index (χ0n) is 13.3. The molecule has 1 rings (SSSR count). The summed E-state index contributed by atoms with van der Waals surface area (Å²) < 4.78 is 0. The molecule has 1 heterocycles. The molecule has 0 aromatic heterocycles. The number of likely N-dealkylation sites (tertiary alicyclic amines) is 1. The first kappa shape index (κ1) is 16.0. The van der Waals surface area contributed by atoms with Crippen LogP contribution in [0.15, 0.2) is 0 Å². The average Bonchev–Trinajstić information content (AvgIpc) is 2.48. The molecular formula is C16H34N2. The van der Waals surface area contributed by atoms with Gasteiger partial charge >= 0.3 is 0 Å². The van der Waals surface area contributed by atoms with E-state index in [1.165, 1.54) is 45.1 Å². The number of hydrogen-bond acceptors (Lipinski definition) is 2. The molecular weight excluding hydrogens is 220 g/mol. The van der Waals surface area contributed by atoms with Gasteiger partial charge in [-0.05, 0) is 73.4 Å². The Bertz CT molecular complexity index is 220. The molecule has 1 aliphatic rings. The predicted molar refractivity (Wildman–Crippen MR) is 81.1 cm³/mol. The Morgan fingerprint density at radius 3 is 2.61 bits per heavy atom.